The molecular weight excluding hydrogens is 284 g/mol. The Bertz CT molecular complexity index is 435. The minimum absolute atomic E-state index is 0.0770. The van der Waals surface area contributed by atoms with Gasteiger partial charge in [0.05, 0.1) is 12.2 Å². The number of anilines is 1. The van der Waals surface area contributed by atoms with E-state index in [1.54, 1.807) is 4.90 Å². The Morgan fingerprint density at radius 2 is 2.29 bits per heavy atom. The average Bonchev–Trinajstić information content (AvgIpc) is 2.26. The zero-order valence-electron chi connectivity index (χ0n) is 9.87. The fourth-order valence-corrected chi connectivity index (χ4v) is 2.07. The van der Waals surface area contributed by atoms with E-state index < -0.39 is 0 Å². The largest absolute Gasteiger partial charge is 0.489 e. The number of nitrogens with one attached hydrogen (secondary N) is 1. The van der Waals surface area contributed by atoms with E-state index in [0.29, 0.717) is 13.2 Å². The van der Waals surface area contributed by atoms with Crippen LogP contribution in [0, 0.1) is 0 Å². The van der Waals surface area contributed by atoms with Crippen LogP contribution in [0.1, 0.15) is 13.8 Å². The molecule has 1 aromatic carbocycles. The lowest BCUT2D eigenvalue weighted by Crippen LogP contribution is -2.46. The van der Waals surface area contributed by atoms with Gasteiger partial charge in [0.2, 0.25) is 0 Å². The second-order valence-corrected chi connectivity index (χ2v) is 5.13. The summed E-state index contributed by atoms with van der Waals surface area (Å²) in [6.07, 6.45) is 0. The van der Waals surface area contributed by atoms with E-state index in [2.05, 4.69) is 21.2 Å². The van der Waals surface area contributed by atoms with Crippen LogP contribution in [0.15, 0.2) is 22.7 Å². The number of halogens is 1. The van der Waals surface area contributed by atoms with Crippen LogP contribution in [-0.4, -0.2) is 25.2 Å². The second-order valence-electron chi connectivity index (χ2n) is 4.22. The van der Waals surface area contributed by atoms with E-state index >= 15 is 0 Å². The molecule has 2 amide bonds. The lowest BCUT2D eigenvalue weighted by Gasteiger charge is -2.30. The zero-order valence-corrected chi connectivity index (χ0v) is 11.5. The van der Waals surface area contributed by atoms with Crippen LogP contribution in [0.5, 0.6) is 5.75 Å². The molecule has 1 N–H and O–H groups in total. The van der Waals surface area contributed by atoms with Crippen LogP contribution < -0.4 is 15.0 Å². The van der Waals surface area contributed by atoms with Crippen molar-refractivity contribution < 1.29 is 9.53 Å². The number of carbonyl (C=O) groups is 1. The Morgan fingerprint density at radius 3 is 3.00 bits per heavy atom. The number of benzene rings is 1. The Morgan fingerprint density at radius 1 is 1.53 bits per heavy atom. The third kappa shape index (κ3) is 2.72. The summed E-state index contributed by atoms with van der Waals surface area (Å²) in [7, 11) is 0. The minimum Gasteiger partial charge on any atom is -0.489 e. The first-order valence-corrected chi connectivity index (χ1v) is 6.37. The zero-order chi connectivity index (χ0) is 12.4. The predicted molar refractivity (Wildman–Crippen MR) is 70.7 cm³/mol. The fourth-order valence-electron chi connectivity index (χ4n) is 1.73. The molecular formula is C12H15BrN2O2. The third-order valence-corrected chi connectivity index (χ3v) is 2.94. The number of amides is 2. The van der Waals surface area contributed by atoms with Gasteiger partial charge in [-0.3, -0.25) is 4.90 Å². The molecule has 2 rings (SSSR count). The van der Waals surface area contributed by atoms with Crippen molar-refractivity contribution in [2.45, 2.75) is 19.9 Å². The van der Waals surface area contributed by atoms with Gasteiger partial charge in [0.15, 0.2) is 0 Å². The molecule has 0 fully saturated rings. The molecule has 0 bridgehead atoms. The molecule has 1 heterocycles. The summed E-state index contributed by atoms with van der Waals surface area (Å²) >= 11 is 3.39. The molecule has 1 aliphatic heterocycles. The van der Waals surface area contributed by atoms with Gasteiger partial charge in [-0.2, -0.15) is 0 Å². The second kappa shape index (κ2) is 4.96. The molecule has 4 nitrogen and oxygen atoms in total. The van der Waals surface area contributed by atoms with Gasteiger partial charge in [0, 0.05) is 10.5 Å². The van der Waals surface area contributed by atoms with E-state index in [-0.39, 0.29) is 12.1 Å². The SMILES string of the molecule is CC(C)NC(=O)N1CCOc2cc(Br)ccc21. The van der Waals surface area contributed by atoms with Crippen molar-refractivity contribution in [1.29, 1.82) is 0 Å². The van der Waals surface area contributed by atoms with Crippen molar-refractivity contribution in [3.8, 4) is 5.75 Å². The Hall–Kier alpha value is -1.23. The van der Waals surface area contributed by atoms with Crippen molar-refractivity contribution in [2.24, 2.45) is 0 Å². The van der Waals surface area contributed by atoms with Crippen molar-refractivity contribution in [2.75, 3.05) is 18.1 Å². The van der Waals surface area contributed by atoms with Gasteiger partial charge in [0.1, 0.15) is 12.4 Å². The first kappa shape index (κ1) is 12.2. The van der Waals surface area contributed by atoms with Crippen molar-refractivity contribution >= 4 is 27.6 Å². The molecule has 0 radical (unpaired) electrons. The van der Waals surface area contributed by atoms with E-state index in [4.69, 9.17) is 4.74 Å². The number of hydrogen-bond donors (Lipinski definition) is 1. The Kier molecular flexibility index (Phi) is 3.57. The van der Waals surface area contributed by atoms with Crippen molar-refractivity contribution in [3.63, 3.8) is 0 Å². The third-order valence-electron chi connectivity index (χ3n) is 2.44. The minimum atomic E-state index is -0.0770. The number of carbonyl (C=O) groups excluding carboxylic acids is 1. The molecule has 0 aromatic heterocycles. The smallest absolute Gasteiger partial charge is 0.322 e. The van der Waals surface area contributed by atoms with E-state index in [0.717, 1.165) is 15.9 Å². The summed E-state index contributed by atoms with van der Waals surface area (Å²) < 4.78 is 6.48. The van der Waals surface area contributed by atoms with E-state index in [1.165, 1.54) is 0 Å². The number of hydrogen-bond acceptors (Lipinski definition) is 2. The summed E-state index contributed by atoms with van der Waals surface area (Å²) in [6, 6.07) is 5.72. The van der Waals surface area contributed by atoms with Gasteiger partial charge in [-0.25, -0.2) is 4.79 Å². The van der Waals surface area contributed by atoms with Crippen LogP contribution in [0.25, 0.3) is 0 Å². The molecule has 0 atom stereocenters. The first-order chi connectivity index (χ1) is 8.08. The first-order valence-electron chi connectivity index (χ1n) is 5.58. The summed E-state index contributed by atoms with van der Waals surface area (Å²) in [5.41, 5.74) is 0.817. The number of ether oxygens (including phenoxy) is 1. The highest BCUT2D eigenvalue weighted by atomic mass is 79.9. The molecule has 1 aromatic rings. The van der Waals surface area contributed by atoms with Gasteiger partial charge in [-0.1, -0.05) is 15.9 Å². The van der Waals surface area contributed by atoms with Gasteiger partial charge in [-0.05, 0) is 32.0 Å². The maximum Gasteiger partial charge on any atom is 0.322 e. The predicted octanol–water partition coefficient (Wildman–Crippen LogP) is 2.77. The molecule has 17 heavy (non-hydrogen) atoms. The van der Waals surface area contributed by atoms with Gasteiger partial charge in [0.25, 0.3) is 0 Å². The highest BCUT2D eigenvalue weighted by Gasteiger charge is 2.23. The summed E-state index contributed by atoms with van der Waals surface area (Å²) in [5, 5.41) is 2.89. The standard InChI is InChI=1S/C12H15BrN2O2/c1-8(2)14-12(16)15-5-6-17-11-7-9(13)3-4-10(11)15/h3-4,7-8H,5-6H2,1-2H3,(H,14,16). The summed E-state index contributed by atoms with van der Waals surface area (Å²) in [6.45, 7) is 4.99. The molecule has 0 aliphatic carbocycles. The van der Waals surface area contributed by atoms with Crippen LogP contribution in [-0.2, 0) is 0 Å². The number of rotatable bonds is 1. The number of urea groups is 1. The molecule has 0 unspecified atom stereocenters. The lowest BCUT2D eigenvalue weighted by atomic mass is 10.2. The van der Waals surface area contributed by atoms with Crippen molar-refractivity contribution in [3.05, 3.63) is 22.7 Å². The van der Waals surface area contributed by atoms with Gasteiger partial charge >= 0.3 is 6.03 Å². The van der Waals surface area contributed by atoms with Gasteiger partial charge < -0.3 is 10.1 Å². The lowest BCUT2D eigenvalue weighted by molar-refractivity contribution is 0.237. The molecule has 0 saturated heterocycles. The number of fused-ring (bicyclic) bond motifs is 1. The maximum absolute atomic E-state index is 12.0. The Balaban J connectivity index is 2.25. The highest BCUT2D eigenvalue weighted by Crippen LogP contribution is 2.33. The molecule has 5 heteroatoms. The quantitative estimate of drug-likeness (QED) is 0.866. The van der Waals surface area contributed by atoms with Crippen LogP contribution in [0.4, 0.5) is 10.5 Å². The normalized spacial score (nSPS) is 14.2. The van der Waals surface area contributed by atoms with Crippen LogP contribution >= 0.6 is 15.9 Å². The average molecular weight is 299 g/mol. The Labute approximate surface area is 109 Å². The molecule has 0 saturated carbocycles. The molecule has 1 aliphatic rings. The van der Waals surface area contributed by atoms with Gasteiger partial charge in [-0.15, -0.1) is 0 Å². The molecule has 0 spiro atoms. The van der Waals surface area contributed by atoms with E-state index in [1.807, 2.05) is 32.0 Å². The summed E-state index contributed by atoms with van der Waals surface area (Å²) in [4.78, 5) is 13.7. The maximum atomic E-state index is 12.0. The molecule has 92 valence electrons. The summed E-state index contributed by atoms with van der Waals surface area (Å²) in [5.74, 6) is 0.740. The monoisotopic (exact) mass is 298 g/mol. The topological polar surface area (TPSA) is 41.6 Å². The van der Waals surface area contributed by atoms with Crippen LogP contribution in [0.3, 0.4) is 0 Å². The fraction of sp³-hybridized carbons (Fsp3) is 0.417. The van der Waals surface area contributed by atoms with Crippen molar-refractivity contribution in [1.82, 2.24) is 5.32 Å². The van der Waals surface area contributed by atoms with Crippen LogP contribution in [0.2, 0.25) is 0 Å². The number of nitrogens with zero attached hydrogens (tertiary/aromatic N) is 1. The highest BCUT2D eigenvalue weighted by molar-refractivity contribution is 9.10. The van der Waals surface area contributed by atoms with E-state index in [9.17, 15) is 4.79 Å².